The number of carbonyl (C=O) groups is 1. The lowest BCUT2D eigenvalue weighted by Gasteiger charge is -2.32. The first kappa shape index (κ1) is 17.3. The summed E-state index contributed by atoms with van der Waals surface area (Å²) in [7, 11) is 0. The van der Waals surface area contributed by atoms with Gasteiger partial charge >= 0.3 is 0 Å². The zero-order valence-electron chi connectivity index (χ0n) is 13.9. The van der Waals surface area contributed by atoms with Crippen molar-refractivity contribution in [3.8, 4) is 0 Å². The normalized spacial score (nSPS) is 29.4. The van der Waals surface area contributed by atoms with Gasteiger partial charge in [-0.25, -0.2) is 8.78 Å². The third-order valence-electron chi connectivity index (χ3n) is 4.82. The average Bonchev–Trinajstić information content (AvgIpc) is 2.94. The molecule has 2 aliphatic rings. The number of rotatable bonds is 4. The third-order valence-corrected chi connectivity index (χ3v) is 4.82. The summed E-state index contributed by atoms with van der Waals surface area (Å²) in [5.41, 5.74) is 2.29. The van der Waals surface area contributed by atoms with E-state index in [9.17, 15) is 13.6 Å². The Kier molecular flexibility index (Phi) is 5.15. The molecule has 0 aliphatic carbocycles. The lowest BCUT2D eigenvalue weighted by Crippen LogP contribution is -2.43. The van der Waals surface area contributed by atoms with E-state index < -0.39 is 24.9 Å². The van der Waals surface area contributed by atoms with E-state index in [-0.39, 0.29) is 17.9 Å². The number of aryl methyl sites for hydroxylation is 1. The molecule has 2 fully saturated rings. The molecule has 6 heteroatoms. The van der Waals surface area contributed by atoms with E-state index in [4.69, 9.17) is 4.74 Å². The summed E-state index contributed by atoms with van der Waals surface area (Å²) >= 11 is 0. The second kappa shape index (κ2) is 7.15. The highest BCUT2D eigenvalue weighted by molar-refractivity contribution is 5.82. The van der Waals surface area contributed by atoms with Gasteiger partial charge in [0.25, 0.3) is 5.92 Å². The van der Waals surface area contributed by atoms with Crippen LogP contribution >= 0.6 is 0 Å². The first-order valence-electron chi connectivity index (χ1n) is 8.52. The minimum absolute atomic E-state index is 0.0578. The van der Waals surface area contributed by atoms with Gasteiger partial charge in [-0.1, -0.05) is 29.8 Å². The van der Waals surface area contributed by atoms with Crippen molar-refractivity contribution in [2.45, 2.75) is 44.3 Å². The van der Waals surface area contributed by atoms with Crippen LogP contribution in [0.15, 0.2) is 24.3 Å². The van der Waals surface area contributed by atoms with Crippen molar-refractivity contribution in [1.82, 2.24) is 10.6 Å². The monoisotopic (exact) mass is 338 g/mol. The van der Waals surface area contributed by atoms with Crippen LogP contribution < -0.4 is 10.6 Å². The van der Waals surface area contributed by atoms with Crippen LogP contribution in [0, 0.1) is 12.8 Å². The fourth-order valence-electron chi connectivity index (χ4n) is 3.43. The molecule has 2 N–H and O–H groups in total. The molecule has 0 aromatic heterocycles. The van der Waals surface area contributed by atoms with E-state index in [0.29, 0.717) is 13.2 Å². The lowest BCUT2D eigenvalue weighted by molar-refractivity contribution is -0.124. The van der Waals surface area contributed by atoms with E-state index in [0.717, 1.165) is 18.4 Å². The molecule has 2 aliphatic heterocycles. The van der Waals surface area contributed by atoms with Crippen molar-refractivity contribution in [1.29, 1.82) is 0 Å². The Labute approximate surface area is 141 Å². The van der Waals surface area contributed by atoms with Gasteiger partial charge in [0.2, 0.25) is 5.91 Å². The van der Waals surface area contributed by atoms with Crippen molar-refractivity contribution >= 4 is 5.91 Å². The summed E-state index contributed by atoms with van der Waals surface area (Å²) in [6.45, 7) is 2.76. The number of ether oxygens (including phenoxy) is 1. The van der Waals surface area contributed by atoms with Gasteiger partial charge in [-0.3, -0.25) is 10.1 Å². The Morgan fingerprint density at radius 2 is 2.12 bits per heavy atom. The molecule has 1 aromatic carbocycles. The zero-order chi connectivity index (χ0) is 17.2. The van der Waals surface area contributed by atoms with Crippen molar-refractivity contribution < 1.29 is 18.3 Å². The minimum atomic E-state index is -2.79. The molecular weight excluding hydrogens is 314 g/mol. The fraction of sp³-hybridized carbons (Fsp3) is 0.611. The summed E-state index contributed by atoms with van der Waals surface area (Å²) in [4.78, 5) is 12.1. The molecule has 24 heavy (non-hydrogen) atoms. The standard InChI is InChI=1S/C18H24F2N2O2/c1-12-4-6-13(7-5-12)16-14(3-2-8-24-16)10-21-17(23)15-9-18(19,20)11-22-15/h4-7,14-16,22H,2-3,8-11H2,1H3,(H,21,23). The molecular formula is C18H24F2N2O2. The number of hydrogen-bond donors (Lipinski definition) is 2. The minimum Gasteiger partial charge on any atom is -0.373 e. The summed E-state index contributed by atoms with van der Waals surface area (Å²) in [5.74, 6) is -2.98. The molecule has 3 unspecified atom stereocenters. The quantitative estimate of drug-likeness (QED) is 0.887. The zero-order valence-corrected chi connectivity index (χ0v) is 13.9. The molecule has 2 heterocycles. The second-order valence-corrected chi connectivity index (χ2v) is 6.84. The van der Waals surface area contributed by atoms with Crippen LogP contribution in [-0.4, -0.2) is 37.6 Å². The van der Waals surface area contributed by atoms with E-state index in [1.165, 1.54) is 5.56 Å². The summed E-state index contributed by atoms with van der Waals surface area (Å²) in [6.07, 6.45) is 1.41. The van der Waals surface area contributed by atoms with Gasteiger partial charge in [0.05, 0.1) is 18.7 Å². The first-order chi connectivity index (χ1) is 11.4. The largest absolute Gasteiger partial charge is 0.373 e. The highest BCUT2D eigenvalue weighted by Gasteiger charge is 2.42. The van der Waals surface area contributed by atoms with Crippen LogP contribution in [0.5, 0.6) is 0 Å². The van der Waals surface area contributed by atoms with Crippen molar-refractivity contribution in [3.63, 3.8) is 0 Å². The molecule has 2 saturated heterocycles. The molecule has 0 spiro atoms. The van der Waals surface area contributed by atoms with Crippen LogP contribution in [0.1, 0.15) is 36.5 Å². The predicted molar refractivity (Wildman–Crippen MR) is 87.0 cm³/mol. The van der Waals surface area contributed by atoms with Crippen LogP contribution in [0.3, 0.4) is 0 Å². The van der Waals surface area contributed by atoms with Crippen LogP contribution in [0.25, 0.3) is 0 Å². The maximum atomic E-state index is 13.2. The van der Waals surface area contributed by atoms with E-state index >= 15 is 0 Å². The topological polar surface area (TPSA) is 50.4 Å². The molecule has 0 radical (unpaired) electrons. The maximum Gasteiger partial charge on any atom is 0.262 e. The van der Waals surface area contributed by atoms with E-state index in [2.05, 4.69) is 22.8 Å². The van der Waals surface area contributed by atoms with Crippen molar-refractivity contribution in [2.75, 3.05) is 19.7 Å². The van der Waals surface area contributed by atoms with Gasteiger partial charge in [0.1, 0.15) is 0 Å². The molecule has 4 nitrogen and oxygen atoms in total. The summed E-state index contributed by atoms with van der Waals surface area (Å²) < 4.78 is 32.3. The third kappa shape index (κ3) is 4.11. The van der Waals surface area contributed by atoms with Gasteiger partial charge in [0, 0.05) is 25.5 Å². The number of nitrogens with one attached hydrogen (secondary N) is 2. The molecule has 0 saturated carbocycles. The Morgan fingerprint density at radius 1 is 1.38 bits per heavy atom. The predicted octanol–water partition coefficient (Wildman–Crippen LogP) is 2.58. The fourth-order valence-corrected chi connectivity index (χ4v) is 3.43. The number of benzene rings is 1. The SMILES string of the molecule is Cc1ccc(C2OCCCC2CNC(=O)C2CC(F)(F)CN2)cc1. The second-order valence-electron chi connectivity index (χ2n) is 6.84. The Hall–Kier alpha value is -1.53. The maximum absolute atomic E-state index is 13.2. The lowest BCUT2D eigenvalue weighted by atomic mass is 9.89. The van der Waals surface area contributed by atoms with Gasteiger partial charge < -0.3 is 10.1 Å². The number of amides is 1. The van der Waals surface area contributed by atoms with E-state index in [1.54, 1.807) is 0 Å². The van der Waals surface area contributed by atoms with Crippen molar-refractivity contribution in [3.05, 3.63) is 35.4 Å². The van der Waals surface area contributed by atoms with Crippen LogP contribution in [0.2, 0.25) is 0 Å². The van der Waals surface area contributed by atoms with Crippen LogP contribution in [0.4, 0.5) is 8.78 Å². The molecule has 1 aromatic rings. The Balaban J connectivity index is 1.58. The molecule has 0 bridgehead atoms. The molecule has 3 atom stereocenters. The number of alkyl halides is 2. The molecule has 1 amide bonds. The first-order valence-corrected chi connectivity index (χ1v) is 8.52. The number of hydrogen-bond acceptors (Lipinski definition) is 3. The smallest absolute Gasteiger partial charge is 0.262 e. The van der Waals surface area contributed by atoms with Gasteiger partial charge in [-0.05, 0) is 25.3 Å². The number of carbonyl (C=O) groups excluding carboxylic acids is 1. The summed E-state index contributed by atoms with van der Waals surface area (Å²) in [6, 6.07) is 7.40. The Morgan fingerprint density at radius 3 is 2.79 bits per heavy atom. The molecule has 132 valence electrons. The number of halogens is 2. The van der Waals surface area contributed by atoms with Gasteiger partial charge in [0.15, 0.2) is 0 Å². The molecule has 3 rings (SSSR count). The van der Waals surface area contributed by atoms with Gasteiger partial charge in [-0.15, -0.1) is 0 Å². The van der Waals surface area contributed by atoms with E-state index in [1.807, 2.05) is 19.1 Å². The summed E-state index contributed by atoms with van der Waals surface area (Å²) in [5, 5.41) is 5.42. The average molecular weight is 338 g/mol. The van der Waals surface area contributed by atoms with Crippen molar-refractivity contribution in [2.24, 2.45) is 5.92 Å². The highest BCUT2D eigenvalue weighted by atomic mass is 19.3. The Bertz CT molecular complexity index is 577. The van der Waals surface area contributed by atoms with Crippen LogP contribution in [-0.2, 0) is 9.53 Å². The highest BCUT2D eigenvalue weighted by Crippen LogP contribution is 2.33. The van der Waals surface area contributed by atoms with Gasteiger partial charge in [-0.2, -0.15) is 0 Å².